The highest BCUT2D eigenvalue weighted by molar-refractivity contribution is 6.21. The minimum atomic E-state index is -0.382. The molecule has 0 saturated carbocycles. The third-order valence-electron chi connectivity index (χ3n) is 2.10. The van der Waals surface area contributed by atoms with Gasteiger partial charge in [0.1, 0.15) is 0 Å². The number of hydrogen-bond donors (Lipinski definition) is 1. The first kappa shape index (κ1) is 8.83. The smallest absolute Gasteiger partial charge is 0.263 e. The lowest BCUT2D eigenvalue weighted by Gasteiger charge is -2.10. The molecule has 1 aromatic heterocycles. The molecule has 2 rings (SSSR count). The molecule has 0 radical (unpaired) electrons. The molecule has 2 amide bonds. The Morgan fingerprint density at radius 2 is 2.00 bits per heavy atom. The number of carbonyl (C=O) groups excluding carboxylic acids is 2. The molecule has 0 aliphatic carbocycles. The summed E-state index contributed by atoms with van der Waals surface area (Å²) in [6.45, 7) is -0.189. The number of carbonyl (C=O) groups is 2. The largest absolute Gasteiger partial charge is 0.395 e. The molecule has 1 aliphatic rings. The van der Waals surface area contributed by atoms with Crippen LogP contribution in [0.2, 0.25) is 0 Å². The van der Waals surface area contributed by atoms with Gasteiger partial charge in [0.25, 0.3) is 11.8 Å². The zero-order valence-corrected chi connectivity index (χ0v) is 7.30. The van der Waals surface area contributed by atoms with E-state index >= 15 is 0 Å². The highest BCUT2D eigenvalue weighted by atomic mass is 16.3. The van der Waals surface area contributed by atoms with Gasteiger partial charge in [-0.05, 0) is 6.07 Å². The standard InChI is InChI=1S/C9H8N2O3/c12-4-3-11-8(13)6-1-2-10-5-7(6)9(11)14/h1-2,5,12H,3-4H2. The Morgan fingerprint density at radius 1 is 1.29 bits per heavy atom. The topological polar surface area (TPSA) is 70.5 Å². The van der Waals surface area contributed by atoms with Crippen LogP contribution >= 0.6 is 0 Å². The number of amides is 2. The molecular formula is C9H8N2O3. The van der Waals surface area contributed by atoms with Crippen molar-refractivity contribution in [3.05, 3.63) is 29.6 Å². The molecule has 0 fully saturated rings. The fourth-order valence-electron chi connectivity index (χ4n) is 1.44. The fourth-order valence-corrected chi connectivity index (χ4v) is 1.44. The van der Waals surface area contributed by atoms with Crippen molar-refractivity contribution >= 4 is 11.8 Å². The van der Waals surface area contributed by atoms with E-state index < -0.39 is 0 Å². The molecule has 0 saturated heterocycles. The van der Waals surface area contributed by atoms with E-state index in [4.69, 9.17) is 5.11 Å². The number of pyridine rings is 1. The van der Waals surface area contributed by atoms with Crippen LogP contribution in [0.1, 0.15) is 20.7 Å². The van der Waals surface area contributed by atoms with E-state index in [1.54, 1.807) is 0 Å². The summed E-state index contributed by atoms with van der Waals surface area (Å²) in [4.78, 5) is 27.9. The Hall–Kier alpha value is -1.75. The molecule has 5 heteroatoms. The van der Waals surface area contributed by atoms with Gasteiger partial charge in [0.15, 0.2) is 0 Å². The Morgan fingerprint density at radius 3 is 2.64 bits per heavy atom. The molecule has 0 aromatic carbocycles. The van der Waals surface area contributed by atoms with Gasteiger partial charge in [-0.25, -0.2) is 0 Å². The van der Waals surface area contributed by atoms with E-state index in [1.165, 1.54) is 18.5 Å². The van der Waals surface area contributed by atoms with E-state index in [9.17, 15) is 9.59 Å². The van der Waals surface area contributed by atoms with Gasteiger partial charge in [-0.15, -0.1) is 0 Å². The maximum atomic E-state index is 11.6. The number of aliphatic hydroxyl groups is 1. The number of rotatable bonds is 2. The molecular weight excluding hydrogens is 184 g/mol. The molecule has 0 spiro atoms. The monoisotopic (exact) mass is 192 g/mol. The lowest BCUT2D eigenvalue weighted by Crippen LogP contribution is -2.32. The van der Waals surface area contributed by atoms with E-state index in [1.807, 2.05) is 0 Å². The van der Waals surface area contributed by atoms with Gasteiger partial charge in [0.05, 0.1) is 24.3 Å². The average Bonchev–Trinajstić information content (AvgIpc) is 2.45. The van der Waals surface area contributed by atoms with Crippen molar-refractivity contribution in [2.24, 2.45) is 0 Å². The van der Waals surface area contributed by atoms with E-state index in [2.05, 4.69) is 4.98 Å². The van der Waals surface area contributed by atoms with Crippen molar-refractivity contribution in [2.75, 3.05) is 13.2 Å². The number of imide groups is 1. The van der Waals surface area contributed by atoms with Crippen molar-refractivity contribution in [3.8, 4) is 0 Å². The summed E-state index contributed by atoms with van der Waals surface area (Å²) in [5.41, 5.74) is 0.671. The number of aliphatic hydroxyl groups excluding tert-OH is 1. The molecule has 2 heterocycles. The quantitative estimate of drug-likeness (QED) is 0.651. The predicted molar refractivity (Wildman–Crippen MR) is 46.7 cm³/mol. The van der Waals surface area contributed by atoms with Gasteiger partial charge < -0.3 is 5.11 Å². The van der Waals surface area contributed by atoms with Gasteiger partial charge >= 0.3 is 0 Å². The first-order valence-corrected chi connectivity index (χ1v) is 4.16. The average molecular weight is 192 g/mol. The Labute approximate surface area is 80.0 Å². The Balaban J connectivity index is 2.43. The van der Waals surface area contributed by atoms with E-state index in [-0.39, 0.29) is 25.0 Å². The summed E-state index contributed by atoms with van der Waals surface area (Å²) < 4.78 is 0. The van der Waals surface area contributed by atoms with Crippen molar-refractivity contribution < 1.29 is 14.7 Å². The summed E-state index contributed by atoms with van der Waals surface area (Å²) in [6.07, 6.45) is 2.83. The first-order chi connectivity index (χ1) is 6.75. The van der Waals surface area contributed by atoms with Crippen molar-refractivity contribution in [3.63, 3.8) is 0 Å². The van der Waals surface area contributed by atoms with E-state index in [0.717, 1.165) is 4.90 Å². The van der Waals surface area contributed by atoms with Crippen LogP contribution in [0.15, 0.2) is 18.5 Å². The van der Waals surface area contributed by atoms with Crippen LogP contribution in [0.3, 0.4) is 0 Å². The summed E-state index contributed by atoms with van der Waals surface area (Å²) in [6, 6.07) is 1.51. The molecule has 14 heavy (non-hydrogen) atoms. The summed E-state index contributed by atoms with van der Waals surface area (Å²) >= 11 is 0. The van der Waals surface area contributed by atoms with Crippen LogP contribution in [0.4, 0.5) is 0 Å². The fraction of sp³-hybridized carbons (Fsp3) is 0.222. The van der Waals surface area contributed by atoms with E-state index in [0.29, 0.717) is 11.1 Å². The second-order valence-electron chi connectivity index (χ2n) is 2.91. The van der Waals surface area contributed by atoms with Crippen molar-refractivity contribution in [2.45, 2.75) is 0 Å². The first-order valence-electron chi connectivity index (χ1n) is 4.16. The van der Waals surface area contributed by atoms with Crippen LogP contribution in [0.25, 0.3) is 0 Å². The summed E-state index contributed by atoms with van der Waals surface area (Å²) in [7, 11) is 0. The molecule has 1 aliphatic heterocycles. The molecule has 0 atom stereocenters. The molecule has 0 bridgehead atoms. The lowest BCUT2D eigenvalue weighted by molar-refractivity contribution is 0.0624. The SMILES string of the molecule is O=C1c2ccncc2C(=O)N1CCO. The second kappa shape index (κ2) is 3.19. The van der Waals surface area contributed by atoms with Crippen LogP contribution in [-0.2, 0) is 0 Å². The molecule has 5 nitrogen and oxygen atoms in total. The highest BCUT2D eigenvalue weighted by Crippen LogP contribution is 2.20. The summed E-state index contributed by atoms with van der Waals surface area (Å²) in [5, 5.41) is 8.68. The lowest BCUT2D eigenvalue weighted by atomic mass is 10.2. The van der Waals surface area contributed by atoms with Crippen LogP contribution in [0, 0.1) is 0 Å². The Bertz CT molecular complexity index is 368. The minimum Gasteiger partial charge on any atom is -0.395 e. The second-order valence-corrected chi connectivity index (χ2v) is 2.91. The van der Waals surface area contributed by atoms with Gasteiger partial charge in [-0.2, -0.15) is 0 Å². The third kappa shape index (κ3) is 1.10. The number of hydrogen-bond acceptors (Lipinski definition) is 4. The molecule has 72 valence electrons. The van der Waals surface area contributed by atoms with Crippen LogP contribution in [0.5, 0.6) is 0 Å². The van der Waals surface area contributed by atoms with Gasteiger partial charge in [0.2, 0.25) is 0 Å². The molecule has 1 aromatic rings. The highest BCUT2D eigenvalue weighted by Gasteiger charge is 2.34. The van der Waals surface area contributed by atoms with Crippen molar-refractivity contribution in [1.29, 1.82) is 0 Å². The maximum absolute atomic E-state index is 11.6. The zero-order chi connectivity index (χ0) is 10.1. The zero-order valence-electron chi connectivity index (χ0n) is 7.30. The van der Waals surface area contributed by atoms with Gasteiger partial charge in [0, 0.05) is 12.4 Å². The van der Waals surface area contributed by atoms with Gasteiger partial charge in [-0.1, -0.05) is 0 Å². The van der Waals surface area contributed by atoms with Crippen molar-refractivity contribution in [1.82, 2.24) is 9.88 Å². The number of aromatic nitrogens is 1. The minimum absolute atomic E-state index is 0.0341. The Kier molecular flexibility index (Phi) is 2.01. The number of β-amino-alcohol motifs (C(OH)–C–C–N with tert-alkyl or cyclic N) is 1. The number of nitrogens with zero attached hydrogens (tertiary/aromatic N) is 2. The molecule has 0 unspecified atom stereocenters. The van der Waals surface area contributed by atoms with Gasteiger partial charge in [-0.3, -0.25) is 19.5 Å². The predicted octanol–water partition coefficient (Wildman–Crippen LogP) is -0.330. The van der Waals surface area contributed by atoms with Crippen LogP contribution in [-0.4, -0.2) is 40.0 Å². The molecule has 1 N–H and O–H groups in total. The normalized spacial score (nSPS) is 14.8. The summed E-state index contributed by atoms with van der Waals surface area (Å²) in [5.74, 6) is -0.742. The number of fused-ring (bicyclic) bond motifs is 1. The maximum Gasteiger partial charge on any atom is 0.263 e. The third-order valence-corrected chi connectivity index (χ3v) is 2.10. The van der Waals surface area contributed by atoms with Crippen LogP contribution < -0.4 is 0 Å².